The fourth-order valence-electron chi connectivity index (χ4n) is 2.32. The molecule has 1 N–H and O–H groups in total. The summed E-state index contributed by atoms with van der Waals surface area (Å²) >= 11 is 0. The molecule has 4 nitrogen and oxygen atoms in total. The number of rotatable bonds is 4. The van der Waals surface area contributed by atoms with E-state index in [1.54, 1.807) is 20.0 Å². The molecule has 0 unspecified atom stereocenters. The number of nitrogens with zero attached hydrogens (tertiary/aromatic N) is 3. The molecule has 2 aliphatic rings. The van der Waals surface area contributed by atoms with Crippen LogP contribution in [0, 0.1) is 5.92 Å². The quantitative estimate of drug-likeness (QED) is 0.915. The van der Waals surface area contributed by atoms with Crippen molar-refractivity contribution in [1.29, 1.82) is 0 Å². The Bertz CT molecular complexity index is 536. The van der Waals surface area contributed by atoms with Gasteiger partial charge in [-0.3, -0.25) is 9.98 Å². The van der Waals surface area contributed by atoms with Gasteiger partial charge in [-0.15, -0.1) is 0 Å². The predicted octanol–water partition coefficient (Wildman–Crippen LogP) is 2.40. The van der Waals surface area contributed by atoms with Gasteiger partial charge in [0.15, 0.2) is 0 Å². The van der Waals surface area contributed by atoms with Gasteiger partial charge in [-0.25, -0.2) is 0 Å². The van der Waals surface area contributed by atoms with Gasteiger partial charge >= 0.3 is 0 Å². The number of hydrogen-bond donors (Lipinski definition) is 1. The van der Waals surface area contributed by atoms with Gasteiger partial charge < -0.3 is 10.0 Å². The van der Waals surface area contributed by atoms with E-state index in [9.17, 15) is 5.11 Å². The minimum atomic E-state index is -0.902. The first kappa shape index (κ1) is 13.3. The van der Waals surface area contributed by atoms with Crippen LogP contribution in [0.2, 0.25) is 0 Å². The molecule has 0 atom stereocenters. The molecule has 3 rings (SSSR count). The van der Waals surface area contributed by atoms with Crippen molar-refractivity contribution in [3.63, 3.8) is 0 Å². The second kappa shape index (κ2) is 5.02. The first-order valence-corrected chi connectivity index (χ1v) is 7.20. The van der Waals surface area contributed by atoms with E-state index in [0.29, 0.717) is 5.69 Å². The van der Waals surface area contributed by atoms with E-state index in [4.69, 9.17) is 0 Å². The van der Waals surface area contributed by atoms with Crippen molar-refractivity contribution in [2.24, 2.45) is 10.9 Å². The van der Waals surface area contributed by atoms with Crippen LogP contribution in [0.1, 0.15) is 37.9 Å². The highest BCUT2D eigenvalue weighted by atomic mass is 16.3. The summed E-state index contributed by atoms with van der Waals surface area (Å²) in [5, 5.41) is 9.92. The molecular formula is C16H21N3O. The van der Waals surface area contributed by atoms with Crippen LogP contribution < -0.4 is 0 Å². The van der Waals surface area contributed by atoms with E-state index in [-0.39, 0.29) is 0 Å². The maximum Gasteiger partial charge on any atom is 0.101 e. The zero-order valence-electron chi connectivity index (χ0n) is 12.1. The van der Waals surface area contributed by atoms with Crippen molar-refractivity contribution in [3.8, 4) is 0 Å². The number of aromatic nitrogens is 1. The van der Waals surface area contributed by atoms with Gasteiger partial charge in [0.1, 0.15) is 5.60 Å². The van der Waals surface area contributed by atoms with Crippen LogP contribution >= 0.6 is 0 Å². The maximum absolute atomic E-state index is 9.92. The Morgan fingerprint density at radius 3 is 2.75 bits per heavy atom. The van der Waals surface area contributed by atoms with Crippen molar-refractivity contribution in [3.05, 3.63) is 35.8 Å². The standard InChI is InChI=1S/C16H21N3O/c1-16(2,20)15-6-5-13(9-18-15)14-11-19(8-7-17-14)10-12-3-4-12/h5-7,9,11-12,20H,3-4,8,10H2,1-2H3. The van der Waals surface area contributed by atoms with Gasteiger partial charge in [0.2, 0.25) is 0 Å². The fourth-order valence-corrected chi connectivity index (χ4v) is 2.32. The third-order valence-electron chi connectivity index (χ3n) is 3.73. The van der Waals surface area contributed by atoms with Crippen molar-refractivity contribution in [2.75, 3.05) is 13.1 Å². The molecule has 0 bridgehead atoms. The Morgan fingerprint density at radius 2 is 2.15 bits per heavy atom. The van der Waals surface area contributed by atoms with Crippen LogP contribution in [0.15, 0.2) is 29.5 Å². The van der Waals surface area contributed by atoms with Crippen LogP contribution in [0.5, 0.6) is 0 Å². The lowest BCUT2D eigenvalue weighted by molar-refractivity contribution is 0.0738. The molecule has 0 aromatic carbocycles. The van der Waals surface area contributed by atoms with E-state index in [2.05, 4.69) is 21.1 Å². The first-order valence-electron chi connectivity index (χ1n) is 7.20. The van der Waals surface area contributed by atoms with Crippen molar-refractivity contribution in [2.45, 2.75) is 32.3 Å². The second-order valence-electron chi connectivity index (χ2n) is 6.21. The number of aliphatic hydroxyl groups is 1. The highest BCUT2D eigenvalue weighted by Gasteiger charge is 2.24. The summed E-state index contributed by atoms with van der Waals surface area (Å²) in [6.07, 6.45) is 8.59. The van der Waals surface area contributed by atoms with Gasteiger partial charge in [-0.2, -0.15) is 0 Å². The average molecular weight is 271 g/mol. The Kier molecular flexibility index (Phi) is 3.34. The smallest absolute Gasteiger partial charge is 0.101 e. The molecular weight excluding hydrogens is 250 g/mol. The second-order valence-corrected chi connectivity index (χ2v) is 6.21. The minimum Gasteiger partial charge on any atom is -0.384 e. The van der Waals surface area contributed by atoms with Gasteiger partial charge in [-0.05, 0) is 44.7 Å². The average Bonchev–Trinajstić information content (AvgIpc) is 3.22. The Labute approximate surface area is 119 Å². The molecule has 0 saturated heterocycles. The molecule has 1 aromatic rings. The van der Waals surface area contributed by atoms with E-state index in [1.165, 1.54) is 12.8 Å². The molecule has 0 amide bonds. The van der Waals surface area contributed by atoms with E-state index >= 15 is 0 Å². The fraction of sp³-hybridized carbons (Fsp3) is 0.500. The maximum atomic E-state index is 9.92. The van der Waals surface area contributed by atoms with Crippen molar-refractivity contribution in [1.82, 2.24) is 9.88 Å². The summed E-state index contributed by atoms with van der Waals surface area (Å²) in [6, 6.07) is 3.84. The lowest BCUT2D eigenvalue weighted by atomic mass is 10.0. The summed E-state index contributed by atoms with van der Waals surface area (Å²) in [6.45, 7) is 5.51. The molecule has 20 heavy (non-hydrogen) atoms. The molecule has 1 saturated carbocycles. The van der Waals surface area contributed by atoms with Gasteiger partial charge in [0.25, 0.3) is 0 Å². The largest absolute Gasteiger partial charge is 0.384 e. The summed E-state index contributed by atoms with van der Waals surface area (Å²) in [5.41, 5.74) is 1.72. The molecule has 1 fully saturated rings. The van der Waals surface area contributed by atoms with Gasteiger partial charge in [0, 0.05) is 30.7 Å². The lowest BCUT2D eigenvalue weighted by Crippen LogP contribution is -2.24. The van der Waals surface area contributed by atoms with Gasteiger partial charge in [-0.1, -0.05) is 0 Å². The zero-order chi connectivity index (χ0) is 14.2. The lowest BCUT2D eigenvalue weighted by Gasteiger charge is -2.22. The minimum absolute atomic E-state index is 0.677. The Morgan fingerprint density at radius 1 is 1.35 bits per heavy atom. The molecule has 1 aliphatic heterocycles. The zero-order valence-corrected chi connectivity index (χ0v) is 12.1. The van der Waals surface area contributed by atoms with Crippen LogP contribution in [0.3, 0.4) is 0 Å². The summed E-state index contributed by atoms with van der Waals surface area (Å²) < 4.78 is 0. The third-order valence-corrected chi connectivity index (χ3v) is 3.73. The first-order chi connectivity index (χ1) is 9.52. The topological polar surface area (TPSA) is 48.7 Å². The molecule has 106 valence electrons. The Balaban J connectivity index is 1.77. The van der Waals surface area contributed by atoms with Crippen LogP contribution in [0.25, 0.3) is 5.70 Å². The van der Waals surface area contributed by atoms with Crippen LogP contribution in [0.4, 0.5) is 0 Å². The Hall–Kier alpha value is -1.68. The normalized spacial score (nSPS) is 19.1. The van der Waals surface area contributed by atoms with E-state index in [1.807, 2.05) is 18.3 Å². The highest BCUT2D eigenvalue weighted by molar-refractivity contribution is 5.76. The monoisotopic (exact) mass is 271 g/mol. The molecule has 1 aromatic heterocycles. The van der Waals surface area contributed by atoms with E-state index in [0.717, 1.165) is 30.3 Å². The van der Waals surface area contributed by atoms with E-state index < -0.39 is 5.60 Å². The molecule has 0 radical (unpaired) electrons. The number of aliphatic imine (C=N–C) groups is 1. The molecule has 1 aliphatic carbocycles. The highest BCUT2D eigenvalue weighted by Crippen LogP contribution is 2.31. The summed E-state index contributed by atoms with van der Waals surface area (Å²) in [7, 11) is 0. The molecule has 0 spiro atoms. The third kappa shape index (κ3) is 3.07. The van der Waals surface area contributed by atoms with Crippen LogP contribution in [-0.2, 0) is 5.60 Å². The molecule has 2 heterocycles. The summed E-state index contributed by atoms with van der Waals surface area (Å²) in [4.78, 5) is 11.1. The molecule has 4 heteroatoms. The van der Waals surface area contributed by atoms with Crippen molar-refractivity contribution >= 4 is 11.9 Å². The SMILES string of the molecule is CC(C)(O)c1ccc(C2=CN(CC3CC3)CC=N2)cn1. The van der Waals surface area contributed by atoms with Gasteiger partial charge in [0.05, 0.1) is 17.9 Å². The number of pyridine rings is 1. The van der Waals surface area contributed by atoms with Crippen LogP contribution in [-0.4, -0.2) is 34.3 Å². The van der Waals surface area contributed by atoms with Crippen molar-refractivity contribution < 1.29 is 5.11 Å². The number of hydrogen-bond acceptors (Lipinski definition) is 4. The predicted molar refractivity (Wildman–Crippen MR) is 80.2 cm³/mol. The summed E-state index contributed by atoms with van der Waals surface area (Å²) in [5.74, 6) is 0.870.